The van der Waals surface area contributed by atoms with Crippen molar-refractivity contribution >= 4 is 15.9 Å². The van der Waals surface area contributed by atoms with Gasteiger partial charge in [0.1, 0.15) is 0 Å². The van der Waals surface area contributed by atoms with Crippen molar-refractivity contribution in [3.63, 3.8) is 0 Å². The molecule has 10 heavy (non-hydrogen) atoms. The third kappa shape index (κ3) is 4.07. The monoisotopic (exact) mass is 206 g/mol. The first-order valence-corrected chi connectivity index (χ1v) is 4.14. The molecule has 1 atom stereocenters. The molecule has 1 nitrogen and oxygen atoms in total. The van der Waals surface area contributed by atoms with Crippen molar-refractivity contribution in [2.24, 2.45) is 0 Å². The van der Waals surface area contributed by atoms with Gasteiger partial charge in [0.25, 0.3) is 0 Å². The maximum Gasteiger partial charge on any atom is 0.0724 e. The van der Waals surface area contributed by atoms with Crippen LogP contribution in [0.1, 0.15) is 27.2 Å². The summed E-state index contributed by atoms with van der Waals surface area (Å²) in [4.78, 5) is 0. The Labute approximate surface area is 71.3 Å². The fraction of sp³-hybridized carbons (Fsp3) is 0.750. The van der Waals surface area contributed by atoms with Crippen molar-refractivity contribution in [3.05, 3.63) is 12.2 Å². The van der Waals surface area contributed by atoms with Crippen molar-refractivity contribution in [3.8, 4) is 0 Å². The molecular formula is C8H15BrO. The number of aliphatic hydroxyl groups is 1. The van der Waals surface area contributed by atoms with Gasteiger partial charge in [-0.2, -0.15) is 0 Å². The van der Waals surface area contributed by atoms with E-state index in [1.807, 2.05) is 20.8 Å². The topological polar surface area (TPSA) is 20.2 Å². The lowest BCUT2D eigenvalue weighted by atomic mass is 10.0. The van der Waals surface area contributed by atoms with Crippen molar-refractivity contribution in [2.45, 2.75) is 37.6 Å². The lowest BCUT2D eigenvalue weighted by Crippen LogP contribution is -2.29. The largest absolute Gasteiger partial charge is 0.391 e. The van der Waals surface area contributed by atoms with Gasteiger partial charge in [0, 0.05) is 4.32 Å². The average Bonchev–Trinajstić information content (AvgIpc) is 1.60. The first-order valence-electron chi connectivity index (χ1n) is 3.35. The molecule has 2 heteroatoms. The molecular weight excluding hydrogens is 192 g/mol. The number of alkyl halides is 1. The summed E-state index contributed by atoms with van der Waals surface area (Å²) in [5.74, 6) is 0. The molecule has 1 unspecified atom stereocenters. The summed E-state index contributed by atoms with van der Waals surface area (Å²) in [5, 5.41) is 9.45. The molecule has 0 aliphatic heterocycles. The summed E-state index contributed by atoms with van der Waals surface area (Å²) in [7, 11) is 0. The Kier molecular flexibility index (Phi) is 3.60. The van der Waals surface area contributed by atoms with Gasteiger partial charge in [-0.1, -0.05) is 21.5 Å². The second-order valence-corrected chi connectivity index (χ2v) is 5.29. The van der Waals surface area contributed by atoms with Crippen molar-refractivity contribution < 1.29 is 5.11 Å². The highest BCUT2D eigenvalue weighted by molar-refractivity contribution is 9.10. The first kappa shape index (κ1) is 10.2. The Bertz CT molecular complexity index is 124. The van der Waals surface area contributed by atoms with E-state index < -0.39 is 0 Å². The number of hydrogen-bond acceptors (Lipinski definition) is 1. The van der Waals surface area contributed by atoms with Crippen LogP contribution >= 0.6 is 15.9 Å². The van der Waals surface area contributed by atoms with E-state index in [-0.39, 0.29) is 10.4 Å². The molecule has 1 N–H and O–H groups in total. The highest BCUT2D eigenvalue weighted by Crippen LogP contribution is 2.24. The van der Waals surface area contributed by atoms with E-state index in [1.165, 1.54) is 0 Å². The van der Waals surface area contributed by atoms with E-state index in [0.717, 1.165) is 5.57 Å². The lowest BCUT2D eigenvalue weighted by molar-refractivity contribution is 0.145. The molecule has 0 spiro atoms. The molecule has 0 fully saturated rings. The maximum atomic E-state index is 9.45. The van der Waals surface area contributed by atoms with Gasteiger partial charge in [-0.25, -0.2) is 0 Å². The van der Waals surface area contributed by atoms with Gasteiger partial charge in [0.05, 0.1) is 6.10 Å². The summed E-state index contributed by atoms with van der Waals surface area (Å²) in [6.07, 6.45) is 0.322. The fourth-order valence-corrected chi connectivity index (χ4v) is 0.735. The summed E-state index contributed by atoms with van der Waals surface area (Å²) in [5.41, 5.74) is 1.01. The summed E-state index contributed by atoms with van der Waals surface area (Å²) in [6, 6.07) is 0. The van der Waals surface area contributed by atoms with E-state index in [4.69, 9.17) is 0 Å². The number of hydrogen-bond donors (Lipinski definition) is 1. The second kappa shape index (κ2) is 3.54. The van der Waals surface area contributed by atoms with E-state index in [2.05, 4.69) is 22.5 Å². The Morgan fingerprint density at radius 2 is 2.10 bits per heavy atom. The molecule has 0 aliphatic rings. The minimum atomic E-state index is -0.343. The Morgan fingerprint density at radius 3 is 2.20 bits per heavy atom. The third-order valence-electron chi connectivity index (χ3n) is 1.33. The van der Waals surface area contributed by atoms with Crippen LogP contribution in [0.15, 0.2) is 12.2 Å². The van der Waals surface area contributed by atoms with Gasteiger partial charge in [-0.3, -0.25) is 0 Å². The molecule has 60 valence electrons. The molecule has 0 aromatic carbocycles. The third-order valence-corrected chi connectivity index (χ3v) is 1.86. The maximum absolute atomic E-state index is 9.45. The van der Waals surface area contributed by atoms with Crippen LogP contribution in [0.3, 0.4) is 0 Å². The minimum absolute atomic E-state index is 0.202. The van der Waals surface area contributed by atoms with E-state index in [1.54, 1.807) is 0 Å². The van der Waals surface area contributed by atoms with Gasteiger partial charge < -0.3 is 5.11 Å². The van der Waals surface area contributed by atoms with Crippen LogP contribution in [0.25, 0.3) is 0 Å². The molecule has 0 saturated heterocycles. The Hall–Kier alpha value is 0.180. The zero-order valence-electron chi connectivity index (χ0n) is 6.82. The van der Waals surface area contributed by atoms with Crippen LogP contribution in [0.5, 0.6) is 0 Å². The van der Waals surface area contributed by atoms with Gasteiger partial charge in [-0.15, -0.1) is 6.58 Å². The van der Waals surface area contributed by atoms with Crippen LogP contribution in [0.2, 0.25) is 0 Å². The zero-order chi connectivity index (χ0) is 8.36. The smallest absolute Gasteiger partial charge is 0.0724 e. The molecule has 0 aliphatic carbocycles. The van der Waals surface area contributed by atoms with Crippen molar-refractivity contribution in [2.75, 3.05) is 0 Å². The van der Waals surface area contributed by atoms with Crippen LogP contribution < -0.4 is 0 Å². The molecule has 0 rings (SSSR count). The van der Waals surface area contributed by atoms with Gasteiger partial charge in [0.2, 0.25) is 0 Å². The quantitative estimate of drug-likeness (QED) is 0.556. The number of halogens is 1. The highest BCUT2D eigenvalue weighted by atomic mass is 79.9. The number of aliphatic hydroxyl groups excluding tert-OH is 1. The molecule has 0 aromatic rings. The lowest BCUT2D eigenvalue weighted by Gasteiger charge is -2.23. The summed E-state index contributed by atoms with van der Waals surface area (Å²) >= 11 is 3.38. The zero-order valence-corrected chi connectivity index (χ0v) is 8.40. The van der Waals surface area contributed by atoms with Gasteiger partial charge >= 0.3 is 0 Å². The molecule has 0 radical (unpaired) electrons. The number of rotatable bonds is 3. The first-order chi connectivity index (χ1) is 4.34. The molecule has 0 amide bonds. The summed E-state index contributed by atoms with van der Waals surface area (Å²) < 4.78 is -0.202. The normalized spacial score (nSPS) is 14.9. The standard InChI is InChI=1S/C8H15BrO/c1-6(2)5-7(10)8(3,4)9/h7,10H,1,5H2,2-4H3. The molecule has 0 heterocycles. The fourth-order valence-electron chi connectivity index (χ4n) is 0.573. The van der Waals surface area contributed by atoms with Crippen molar-refractivity contribution in [1.82, 2.24) is 0 Å². The Balaban J connectivity index is 3.85. The van der Waals surface area contributed by atoms with E-state index >= 15 is 0 Å². The molecule has 0 saturated carbocycles. The van der Waals surface area contributed by atoms with Crippen LogP contribution in [0.4, 0.5) is 0 Å². The molecule has 0 bridgehead atoms. The van der Waals surface area contributed by atoms with Crippen LogP contribution in [0, 0.1) is 0 Å². The van der Waals surface area contributed by atoms with Crippen LogP contribution in [-0.4, -0.2) is 15.5 Å². The second-order valence-electron chi connectivity index (χ2n) is 3.24. The van der Waals surface area contributed by atoms with Gasteiger partial charge in [-0.05, 0) is 27.2 Å². The van der Waals surface area contributed by atoms with E-state index in [9.17, 15) is 5.11 Å². The van der Waals surface area contributed by atoms with E-state index in [0.29, 0.717) is 6.42 Å². The minimum Gasteiger partial charge on any atom is -0.391 e. The average molecular weight is 207 g/mol. The summed E-state index contributed by atoms with van der Waals surface area (Å²) in [6.45, 7) is 9.54. The molecule has 0 aromatic heterocycles. The predicted molar refractivity (Wildman–Crippen MR) is 48.4 cm³/mol. The Morgan fingerprint density at radius 1 is 1.70 bits per heavy atom. The van der Waals surface area contributed by atoms with Crippen LogP contribution in [-0.2, 0) is 0 Å². The van der Waals surface area contributed by atoms with Gasteiger partial charge in [0.15, 0.2) is 0 Å². The highest BCUT2D eigenvalue weighted by Gasteiger charge is 2.23. The predicted octanol–water partition coefficient (Wildman–Crippen LogP) is 2.49. The SMILES string of the molecule is C=C(C)CC(O)C(C)(C)Br. The van der Waals surface area contributed by atoms with Crippen molar-refractivity contribution in [1.29, 1.82) is 0 Å².